The first kappa shape index (κ1) is 21.3. The number of halogens is 1. The van der Waals surface area contributed by atoms with Gasteiger partial charge in [-0.05, 0) is 43.3 Å². The summed E-state index contributed by atoms with van der Waals surface area (Å²) in [5, 5.41) is 2.07. The van der Waals surface area contributed by atoms with E-state index in [9.17, 15) is 14.4 Å². The van der Waals surface area contributed by atoms with Crippen molar-refractivity contribution in [2.45, 2.75) is 6.92 Å². The molecule has 1 heterocycles. The van der Waals surface area contributed by atoms with Crippen molar-refractivity contribution >= 4 is 54.7 Å². The molecule has 6 rings (SSSR count). The van der Waals surface area contributed by atoms with Crippen molar-refractivity contribution in [3.05, 3.63) is 128 Å². The standard InChI is InChI=1S/C15H10O2.C13H7ClOS/c1-9-6-7-12-13(8-9)15(17)11-5-3-2-4-10(11)14(12)16;14-8-5-6-12-10(7-8)13(15)9-3-1-2-4-11(9)16-12/h2-8H,1H3;1-7H. The van der Waals surface area contributed by atoms with E-state index in [1.165, 1.54) is 0 Å². The lowest BCUT2D eigenvalue weighted by atomic mass is 9.83. The molecule has 0 aliphatic heterocycles. The Bertz CT molecular complexity index is 1650. The number of fused-ring (bicyclic) bond motifs is 4. The summed E-state index contributed by atoms with van der Waals surface area (Å²) in [6, 6.07) is 25.5. The van der Waals surface area contributed by atoms with Crippen LogP contribution in [-0.2, 0) is 0 Å². The molecule has 0 saturated carbocycles. The first-order valence-corrected chi connectivity index (χ1v) is 11.5. The molecule has 3 nitrogen and oxygen atoms in total. The van der Waals surface area contributed by atoms with Gasteiger partial charge >= 0.3 is 0 Å². The number of carbonyl (C=O) groups excluding carboxylic acids is 2. The fourth-order valence-corrected chi connectivity index (χ4v) is 5.21. The summed E-state index contributed by atoms with van der Waals surface area (Å²) in [7, 11) is 0. The average molecular weight is 469 g/mol. The predicted octanol–water partition coefficient (Wildman–Crippen LogP) is 6.84. The van der Waals surface area contributed by atoms with E-state index < -0.39 is 0 Å². The predicted molar refractivity (Wildman–Crippen MR) is 135 cm³/mol. The minimum atomic E-state index is -0.0600. The minimum absolute atomic E-state index is 0.0566. The Kier molecular flexibility index (Phi) is 5.41. The van der Waals surface area contributed by atoms with E-state index in [1.807, 2.05) is 49.4 Å². The van der Waals surface area contributed by atoms with Gasteiger partial charge in [-0.2, -0.15) is 0 Å². The van der Waals surface area contributed by atoms with E-state index >= 15 is 0 Å². The second kappa shape index (κ2) is 8.39. The van der Waals surface area contributed by atoms with Gasteiger partial charge in [-0.3, -0.25) is 14.4 Å². The molecule has 33 heavy (non-hydrogen) atoms. The Labute approximate surface area is 198 Å². The molecule has 0 saturated heterocycles. The van der Waals surface area contributed by atoms with E-state index in [0.717, 1.165) is 20.3 Å². The van der Waals surface area contributed by atoms with Crippen molar-refractivity contribution in [1.82, 2.24) is 0 Å². The van der Waals surface area contributed by atoms with Gasteiger partial charge in [-0.1, -0.05) is 65.7 Å². The van der Waals surface area contributed by atoms with Crippen molar-refractivity contribution in [3.8, 4) is 0 Å². The Balaban J connectivity index is 0.000000139. The normalized spacial score (nSPS) is 12.2. The second-order valence-electron chi connectivity index (χ2n) is 7.82. The first-order chi connectivity index (χ1) is 15.9. The van der Waals surface area contributed by atoms with Crippen molar-refractivity contribution in [3.63, 3.8) is 0 Å². The van der Waals surface area contributed by atoms with Crippen LogP contribution in [0.3, 0.4) is 0 Å². The molecule has 0 unspecified atom stereocenters. The van der Waals surface area contributed by atoms with Crippen molar-refractivity contribution in [2.24, 2.45) is 0 Å². The number of hydrogen-bond acceptors (Lipinski definition) is 4. The van der Waals surface area contributed by atoms with Gasteiger partial charge < -0.3 is 0 Å². The molecule has 1 aliphatic carbocycles. The molecule has 1 aromatic heterocycles. The van der Waals surface area contributed by atoms with Gasteiger partial charge in [0.05, 0.1) is 0 Å². The lowest BCUT2D eigenvalue weighted by Crippen LogP contribution is -2.20. The van der Waals surface area contributed by atoms with Crippen molar-refractivity contribution in [2.75, 3.05) is 0 Å². The molecule has 0 N–H and O–H groups in total. The lowest BCUT2D eigenvalue weighted by molar-refractivity contribution is 0.0979. The molecule has 0 amide bonds. The van der Waals surface area contributed by atoms with Crippen LogP contribution in [-0.4, -0.2) is 11.6 Å². The van der Waals surface area contributed by atoms with Crippen LogP contribution in [0.25, 0.3) is 20.2 Å². The van der Waals surface area contributed by atoms with Gasteiger partial charge in [0.2, 0.25) is 0 Å². The fourth-order valence-electron chi connectivity index (χ4n) is 3.99. The molecular formula is C28H17ClO3S. The summed E-state index contributed by atoms with van der Waals surface area (Å²) in [5.41, 5.74) is 3.11. The molecule has 160 valence electrons. The van der Waals surface area contributed by atoms with Gasteiger partial charge in [0.25, 0.3) is 0 Å². The SMILES string of the molecule is Cc1ccc2c(c1)C(=O)c1ccccc1C2=O.O=c1c2ccccc2sc2ccc(Cl)cc12. The molecule has 4 aromatic carbocycles. The van der Waals surface area contributed by atoms with E-state index in [4.69, 9.17) is 11.6 Å². The van der Waals surface area contributed by atoms with Gasteiger partial charge in [-0.15, -0.1) is 11.3 Å². The van der Waals surface area contributed by atoms with E-state index in [2.05, 4.69) is 0 Å². The van der Waals surface area contributed by atoms with Gasteiger partial charge in [0.15, 0.2) is 17.0 Å². The van der Waals surface area contributed by atoms with Gasteiger partial charge in [0, 0.05) is 47.4 Å². The third-order valence-electron chi connectivity index (χ3n) is 5.62. The average Bonchev–Trinajstić information content (AvgIpc) is 2.84. The molecule has 0 atom stereocenters. The molecule has 5 aromatic rings. The Morgan fingerprint density at radius 2 is 1.21 bits per heavy atom. The summed E-state index contributed by atoms with van der Waals surface area (Å²) in [5.74, 6) is -0.117. The maximum absolute atomic E-state index is 12.3. The number of aryl methyl sites for hydroxylation is 1. The third kappa shape index (κ3) is 3.78. The van der Waals surface area contributed by atoms with E-state index in [-0.39, 0.29) is 17.0 Å². The Morgan fingerprint density at radius 3 is 1.97 bits per heavy atom. The molecular weight excluding hydrogens is 452 g/mol. The van der Waals surface area contributed by atoms with Crippen LogP contribution in [0.4, 0.5) is 0 Å². The largest absolute Gasteiger partial charge is 0.289 e. The lowest BCUT2D eigenvalue weighted by Gasteiger charge is -2.17. The zero-order valence-electron chi connectivity index (χ0n) is 17.6. The highest BCUT2D eigenvalue weighted by Crippen LogP contribution is 2.28. The highest BCUT2D eigenvalue weighted by Gasteiger charge is 2.28. The summed E-state index contributed by atoms with van der Waals surface area (Å²) >= 11 is 7.52. The summed E-state index contributed by atoms with van der Waals surface area (Å²) in [6.07, 6.45) is 0. The minimum Gasteiger partial charge on any atom is -0.289 e. The molecule has 5 heteroatoms. The van der Waals surface area contributed by atoms with Crippen LogP contribution < -0.4 is 5.43 Å². The number of carbonyl (C=O) groups is 2. The molecule has 1 aliphatic rings. The number of benzene rings is 4. The highest BCUT2D eigenvalue weighted by molar-refractivity contribution is 7.24. The fraction of sp³-hybridized carbons (Fsp3) is 0.0357. The molecule has 0 bridgehead atoms. The third-order valence-corrected chi connectivity index (χ3v) is 7.01. The van der Waals surface area contributed by atoms with E-state index in [0.29, 0.717) is 32.7 Å². The van der Waals surface area contributed by atoms with Crippen LogP contribution in [0.1, 0.15) is 37.4 Å². The number of hydrogen-bond donors (Lipinski definition) is 0. The molecule has 0 fully saturated rings. The van der Waals surface area contributed by atoms with Crippen LogP contribution in [0.2, 0.25) is 5.02 Å². The van der Waals surface area contributed by atoms with Crippen molar-refractivity contribution < 1.29 is 9.59 Å². The van der Waals surface area contributed by atoms with Crippen LogP contribution in [0, 0.1) is 6.92 Å². The number of rotatable bonds is 0. The first-order valence-electron chi connectivity index (χ1n) is 10.3. The van der Waals surface area contributed by atoms with Crippen LogP contribution in [0.5, 0.6) is 0 Å². The summed E-state index contributed by atoms with van der Waals surface area (Å²) in [4.78, 5) is 36.7. The maximum Gasteiger partial charge on any atom is 0.195 e. The Morgan fingerprint density at radius 1 is 0.606 bits per heavy atom. The second-order valence-corrected chi connectivity index (χ2v) is 9.34. The smallest absolute Gasteiger partial charge is 0.195 e. The quantitative estimate of drug-likeness (QED) is 0.229. The van der Waals surface area contributed by atoms with E-state index in [1.54, 1.807) is 53.8 Å². The number of ketones is 2. The summed E-state index contributed by atoms with van der Waals surface area (Å²) < 4.78 is 2.00. The van der Waals surface area contributed by atoms with Crippen LogP contribution >= 0.6 is 22.9 Å². The molecule has 0 radical (unpaired) electrons. The zero-order valence-corrected chi connectivity index (χ0v) is 19.2. The summed E-state index contributed by atoms with van der Waals surface area (Å²) in [6.45, 7) is 1.92. The van der Waals surface area contributed by atoms with Crippen LogP contribution in [0.15, 0.2) is 89.7 Å². The van der Waals surface area contributed by atoms with Crippen molar-refractivity contribution in [1.29, 1.82) is 0 Å². The maximum atomic E-state index is 12.3. The topological polar surface area (TPSA) is 51.2 Å². The van der Waals surface area contributed by atoms with Gasteiger partial charge in [-0.25, -0.2) is 0 Å². The Hall–Kier alpha value is -3.60. The highest BCUT2D eigenvalue weighted by atomic mass is 35.5. The van der Waals surface area contributed by atoms with Gasteiger partial charge in [0.1, 0.15) is 0 Å². The monoisotopic (exact) mass is 468 g/mol. The zero-order chi connectivity index (χ0) is 23.1. The molecule has 0 spiro atoms.